The average Bonchev–Trinajstić information content (AvgIpc) is 2.99. The van der Waals surface area contributed by atoms with Crippen molar-refractivity contribution >= 4 is 11.6 Å². The molecule has 0 amide bonds. The van der Waals surface area contributed by atoms with E-state index in [1.54, 1.807) is 14.2 Å². The summed E-state index contributed by atoms with van der Waals surface area (Å²) in [5, 5.41) is 3.93. The summed E-state index contributed by atoms with van der Waals surface area (Å²) in [5.41, 5.74) is 1.07. The van der Waals surface area contributed by atoms with E-state index >= 15 is 0 Å². The van der Waals surface area contributed by atoms with Gasteiger partial charge in [0, 0.05) is 13.1 Å². The monoisotopic (exact) mass is 313 g/mol. The van der Waals surface area contributed by atoms with Gasteiger partial charge in [0.25, 0.3) is 0 Å². The molecule has 0 unspecified atom stereocenters. The summed E-state index contributed by atoms with van der Waals surface area (Å²) in [6.45, 7) is 2.32. The molecule has 1 aromatic rings. The lowest BCUT2D eigenvalue weighted by Crippen LogP contribution is -2.21. The van der Waals surface area contributed by atoms with Gasteiger partial charge in [-0.3, -0.25) is 0 Å². The molecule has 1 aliphatic rings. The van der Waals surface area contributed by atoms with Gasteiger partial charge in [-0.1, -0.05) is 24.4 Å². The number of halogens is 1. The zero-order valence-electron chi connectivity index (χ0n) is 12.8. The lowest BCUT2D eigenvalue weighted by molar-refractivity contribution is 0.0602. The van der Waals surface area contributed by atoms with Crippen LogP contribution in [-0.2, 0) is 11.3 Å². The molecule has 5 heteroatoms. The second-order valence-corrected chi connectivity index (χ2v) is 5.67. The van der Waals surface area contributed by atoms with Gasteiger partial charge in [-0.15, -0.1) is 0 Å². The van der Waals surface area contributed by atoms with Crippen LogP contribution in [0.4, 0.5) is 0 Å². The van der Waals surface area contributed by atoms with Crippen molar-refractivity contribution in [1.29, 1.82) is 0 Å². The second kappa shape index (κ2) is 8.47. The molecule has 0 bridgehead atoms. The Bertz CT molecular complexity index is 447. The van der Waals surface area contributed by atoms with Crippen molar-refractivity contribution in [1.82, 2.24) is 5.32 Å². The van der Waals surface area contributed by atoms with Gasteiger partial charge in [-0.25, -0.2) is 0 Å². The van der Waals surface area contributed by atoms with Crippen LogP contribution in [0, 0.1) is 0 Å². The lowest BCUT2D eigenvalue weighted by atomic mass is 10.2. The predicted molar refractivity (Wildman–Crippen MR) is 84.5 cm³/mol. The molecule has 1 fully saturated rings. The third-order valence-corrected chi connectivity index (χ3v) is 4.04. The van der Waals surface area contributed by atoms with Gasteiger partial charge >= 0.3 is 0 Å². The highest BCUT2D eigenvalue weighted by Gasteiger charge is 2.14. The van der Waals surface area contributed by atoms with Crippen LogP contribution < -0.4 is 14.8 Å². The maximum Gasteiger partial charge on any atom is 0.179 e. The molecule has 1 saturated carbocycles. The highest BCUT2D eigenvalue weighted by atomic mass is 35.5. The van der Waals surface area contributed by atoms with Crippen molar-refractivity contribution in [3.63, 3.8) is 0 Å². The van der Waals surface area contributed by atoms with Crippen molar-refractivity contribution in [2.75, 3.05) is 27.4 Å². The molecule has 118 valence electrons. The molecule has 1 aliphatic carbocycles. The first kappa shape index (κ1) is 16.4. The Morgan fingerprint density at radius 3 is 2.62 bits per heavy atom. The second-order valence-electron chi connectivity index (χ2n) is 5.27. The van der Waals surface area contributed by atoms with Gasteiger partial charge in [-0.05, 0) is 30.5 Å². The number of nitrogens with one attached hydrogen (secondary N) is 1. The minimum atomic E-state index is 0.474. The Balaban J connectivity index is 1.76. The minimum absolute atomic E-state index is 0.474. The van der Waals surface area contributed by atoms with Crippen LogP contribution in [-0.4, -0.2) is 33.5 Å². The van der Waals surface area contributed by atoms with Gasteiger partial charge in [0.2, 0.25) is 0 Å². The van der Waals surface area contributed by atoms with Crippen LogP contribution in [0.5, 0.6) is 11.5 Å². The van der Waals surface area contributed by atoms with E-state index in [1.165, 1.54) is 25.7 Å². The number of rotatable bonds is 8. The minimum Gasteiger partial charge on any atom is -0.493 e. The molecule has 0 radical (unpaired) electrons. The predicted octanol–water partition coefficient (Wildman–Crippen LogP) is 3.41. The largest absolute Gasteiger partial charge is 0.493 e. The Labute approximate surface area is 131 Å². The fraction of sp³-hybridized carbons (Fsp3) is 0.625. The van der Waals surface area contributed by atoms with E-state index in [0.29, 0.717) is 22.6 Å². The van der Waals surface area contributed by atoms with Crippen molar-refractivity contribution in [3.8, 4) is 11.5 Å². The number of benzene rings is 1. The topological polar surface area (TPSA) is 39.7 Å². The van der Waals surface area contributed by atoms with E-state index < -0.39 is 0 Å². The normalized spacial score (nSPS) is 15.4. The average molecular weight is 314 g/mol. The van der Waals surface area contributed by atoms with E-state index in [0.717, 1.165) is 25.3 Å². The lowest BCUT2D eigenvalue weighted by Gasteiger charge is -2.13. The number of hydrogen-bond acceptors (Lipinski definition) is 4. The van der Waals surface area contributed by atoms with E-state index in [9.17, 15) is 0 Å². The van der Waals surface area contributed by atoms with E-state index in [4.69, 9.17) is 25.8 Å². The number of methoxy groups -OCH3 is 2. The molecule has 0 saturated heterocycles. The summed E-state index contributed by atoms with van der Waals surface area (Å²) in [5.74, 6) is 1.23. The molecule has 0 aliphatic heterocycles. The van der Waals surface area contributed by atoms with Gasteiger partial charge in [0.05, 0.1) is 32.0 Å². The first-order valence-electron chi connectivity index (χ1n) is 7.47. The van der Waals surface area contributed by atoms with Gasteiger partial charge in [0.1, 0.15) is 0 Å². The smallest absolute Gasteiger partial charge is 0.179 e. The Kier molecular flexibility index (Phi) is 6.61. The third-order valence-electron chi connectivity index (χ3n) is 3.76. The summed E-state index contributed by atoms with van der Waals surface area (Å²) < 4.78 is 16.3. The van der Waals surface area contributed by atoms with Crippen LogP contribution in [0.25, 0.3) is 0 Å². The Morgan fingerprint density at radius 2 is 1.95 bits per heavy atom. The highest BCUT2D eigenvalue weighted by Crippen LogP contribution is 2.35. The highest BCUT2D eigenvalue weighted by molar-refractivity contribution is 6.32. The van der Waals surface area contributed by atoms with Crippen LogP contribution in [0.1, 0.15) is 31.2 Å². The zero-order valence-corrected chi connectivity index (χ0v) is 13.5. The maximum absolute atomic E-state index is 6.18. The molecule has 0 heterocycles. The van der Waals surface area contributed by atoms with Crippen molar-refractivity contribution in [2.24, 2.45) is 0 Å². The summed E-state index contributed by atoms with van der Waals surface area (Å²) in [6.07, 6.45) is 5.52. The first-order valence-corrected chi connectivity index (χ1v) is 7.85. The summed E-state index contributed by atoms with van der Waals surface area (Å²) in [7, 11) is 3.20. The molecular weight excluding hydrogens is 290 g/mol. The van der Waals surface area contributed by atoms with Gasteiger partial charge in [-0.2, -0.15) is 0 Å². The Hall–Kier alpha value is -0.970. The van der Waals surface area contributed by atoms with Gasteiger partial charge < -0.3 is 19.5 Å². The van der Waals surface area contributed by atoms with Crippen LogP contribution in [0.15, 0.2) is 12.1 Å². The van der Waals surface area contributed by atoms with Crippen molar-refractivity contribution < 1.29 is 14.2 Å². The fourth-order valence-corrected chi connectivity index (χ4v) is 2.97. The standard InChI is InChI=1S/C16H24ClNO3/c1-19-15-10-12(9-14(17)16(15)20-2)11-18-7-8-21-13-5-3-4-6-13/h9-10,13,18H,3-8,11H2,1-2H3. The number of ether oxygens (including phenoxy) is 3. The van der Waals surface area contributed by atoms with E-state index in [2.05, 4.69) is 5.32 Å². The molecule has 0 spiro atoms. The maximum atomic E-state index is 6.18. The van der Waals surface area contributed by atoms with Crippen LogP contribution in [0.3, 0.4) is 0 Å². The van der Waals surface area contributed by atoms with Gasteiger partial charge in [0.15, 0.2) is 11.5 Å². The molecule has 21 heavy (non-hydrogen) atoms. The van der Waals surface area contributed by atoms with Crippen LogP contribution >= 0.6 is 11.6 Å². The van der Waals surface area contributed by atoms with Crippen molar-refractivity contribution in [2.45, 2.75) is 38.3 Å². The number of hydrogen-bond donors (Lipinski definition) is 1. The van der Waals surface area contributed by atoms with Crippen LogP contribution in [0.2, 0.25) is 5.02 Å². The third kappa shape index (κ3) is 4.77. The van der Waals surface area contributed by atoms with Crippen molar-refractivity contribution in [3.05, 3.63) is 22.7 Å². The first-order chi connectivity index (χ1) is 10.2. The SMILES string of the molecule is COc1cc(CNCCOC2CCCC2)cc(Cl)c1OC. The van der Waals surface area contributed by atoms with E-state index in [-0.39, 0.29) is 0 Å². The fourth-order valence-electron chi connectivity index (χ4n) is 2.66. The molecule has 4 nitrogen and oxygen atoms in total. The summed E-state index contributed by atoms with van der Waals surface area (Å²) in [4.78, 5) is 0. The molecule has 0 atom stereocenters. The quantitative estimate of drug-likeness (QED) is 0.747. The van der Waals surface area contributed by atoms with E-state index in [1.807, 2.05) is 12.1 Å². The molecule has 1 aromatic carbocycles. The Morgan fingerprint density at radius 1 is 1.19 bits per heavy atom. The molecule has 0 aromatic heterocycles. The summed E-state index contributed by atoms with van der Waals surface area (Å²) >= 11 is 6.18. The zero-order chi connectivity index (χ0) is 15.1. The molecular formula is C16H24ClNO3. The molecule has 1 N–H and O–H groups in total. The molecule has 2 rings (SSSR count). The summed E-state index contributed by atoms with van der Waals surface area (Å²) in [6, 6.07) is 3.84.